The molecule has 13 atom stereocenters. The third-order valence-corrected chi connectivity index (χ3v) is 14.7. The molecule has 4 aliphatic carbocycles. The molecule has 8 nitrogen and oxygen atoms in total. The molecule has 276 valence electrons. The minimum atomic E-state index is -1.02. The van der Waals surface area contributed by atoms with Crippen LogP contribution >= 0.6 is 0 Å². The molecule has 3 saturated carbocycles. The van der Waals surface area contributed by atoms with E-state index in [0.717, 1.165) is 56.8 Å². The third kappa shape index (κ3) is 7.22. The van der Waals surface area contributed by atoms with Gasteiger partial charge in [-0.25, -0.2) is 0 Å². The molecule has 0 aromatic carbocycles. The Bertz CT molecular complexity index is 1120. The largest absolute Gasteiger partial charge is 0.394 e. The molecule has 0 aromatic heterocycles. The van der Waals surface area contributed by atoms with Crippen molar-refractivity contribution in [2.75, 3.05) is 13.2 Å². The number of fused-ring (bicyclic) bond motifs is 5. The van der Waals surface area contributed by atoms with Gasteiger partial charge in [-0.1, -0.05) is 45.8 Å². The van der Waals surface area contributed by atoms with Crippen LogP contribution in [0.3, 0.4) is 0 Å². The first kappa shape index (κ1) is 37.2. The monoisotopic (exact) mass is 676 g/mol. The Morgan fingerprint density at radius 1 is 0.875 bits per heavy atom. The first-order valence-electron chi connectivity index (χ1n) is 19.6. The maximum atomic E-state index is 11.0. The van der Waals surface area contributed by atoms with Gasteiger partial charge in [-0.05, 0) is 125 Å². The summed E-state index contributed by atoms with van der Waals surface area (Å²) >= 11 is 0. The van der Waals surface area contributed by atoms with E-state index in [2.05, 4.69) is 33.8 Å². The van der Waals surface area contributed by atoms with Crippen LogP contribution < -0.4 is 0 Å². The second-order valence-corrected chi connectivity index (χ2v) is 18.4. The quantitative estimate of drug-likeness (QED) is 0.180. The van der Waals surface area contributed by atoms with E-state index in [1.54, 1.807) is 19.4 Å². The van der Waals surface area contributed by atoms with E-state index in [1.807, 2.05) is 0 Å². The van der Waals surface area contributed by atoms with Gasteiger partial charge in [0.25, 0.3) is 0 Å². The third-order valence-electron chi connectivity index (χ3n) is 14.7. The van der Waals surface area contributed by atoms with Gasteiger partial charge < -0.3 is 39.4 Å². The number of aliphatic hydroxyl groups excluding tert-OH is 3. The number of ether oxygens (including phenoxy) is 4. The van der Waals surface area contributed by atoms with Crippen molar-refractivity contribution < 1.29 is 39.4 Å². The Labute approximate surface area is 290 Å². The number of hydrogen-bond donors (Lipinski definition) is 4. The highest BCUT2D eigenvalue weighted by Crippen LogP contribution is 2.69. The van der Waals surface area contributed by atoms with Crippen LogP contribution in [0, 0.1) is 39.9 Å². The van der Waals surface area contributed by atoms with E-state index in [1.165, 1.54) is 38.5 Å². The minimum absolute atomic E-state index is 0.0236. The number of aliphatic hydroxyl groups is 4. The van der Waals surface area contributed by atoms with Crippen molar-refractivity contribution >= 4 is 0 Å². The second-order valence-electron chi connectivity index (χ2n) is 18.4. The Morgan fingerprint density at radius 3 is 2.33 bits per heavy atom. The normalized spacial score (nSPS) is 45.1. The summed E-state index contributed by atoms with van der Waals surface area (Å²) in [4.78, 5) is 0. The van der Waals surface area contributed by atoms with Crippen molar-refractivity contribution in [2.24, 2.45) is 39.9 Å². The van der Waals surface area contributed by atoms with Crippen LogP contribution in [-0.2, 0) is 18.9 Å². The lowest BCUT2D eigenvalue weighted by Crippen LogP contribution is -2.55. The maximum absolute atomic E-state index is 11.0. The molecular weight excluding hydrogens is 608 g/mol. The van der Waals surface area contributed by atoms with Crippen LogP contribution in [0.1, 0.15) is 138 Å². The first-order chi connectivity index (χ1) is 22.7. The van der Waals surface area contributed by atoms with Gasteiger partial charge in [0.05, 0.1) is 49.3 Å². The fourth-order valence-electron chi connectivity index (χ4n) is 11.7. The molecule has 0 radical (unpaired) electrons. The molecule has 8 heteroatoms. The van der Waals surface area contributed by atoms with Crippen LogP contribution in [0.2, 0.25) is 0 Å². The average Bonchev–Trinajstić information content (AvgIpc) is 3.37. The number of hydrogen-bond acceptors (Lipinski definition) is 8. The number of allylic oxidation sites excluding steroid dienone is 1. The standard InChI is InChI=1S/C40H68O8/c1-37(2)29-15-16-32-31-14-13-25(9-7-11-34(38(3,4)44)48-36-22-26(43)21-28(24-42)46-36)39(31,5)19-20-40(32,6)30(29)17-18-33(37)47-35-12-8-10-27(23-41)45-35/h15,25-28,30-36,41-44H,7-14,16-24H2,1-6H3/t25?,26-,27-,28-,30?,31?,32?,33-,34+,35-,36-,39+,40-/m0/s1. The van der Waals surface area contributed by atoms with Crippen molar-refractivity contribution in [3.8, 4) is 0 Å². The van der Waals surface area contributed by atoms with E-state index >= 15 is 0 Å². The Balaban J connectivity index is 1.08. The summed E-state index contributed by atoms with van der Waals surface area (Å²) in [6, 6.07) is 0. The van der Waals surface area contributed by atoms with E-state index in [-0.39, 0.29) is 37.1 Å². The highest BCUT2D eigenvalue weighted by molar-refractivity contribution is 5.29. The molecule has 0 bridgehead atoms. The molecule has 0 spiro atoms. The van der Waals surface area contributed by atoms with Gasteiger partial charge in [0.1, 0.15) is 0 Å². The zero-order valence-corrected chi connectivity index (χ0v) is 30.9. The van der Waals surface area contributed by atoms with Crippen molar-refractivity contribution in [1.29, 1.82) is 0 Å². The van der Waals surface area contributed by atoms with Gasteiger partial charge in [0.2, 0.25) is 0 Å². The predicted octanol–water partition coefficient (Wildman–Crippen LogP) is 6.66. The van der Waals surface area contributed by atoms with Crippen LogP contribution in [-0.4, -0.2) is 82.3 Å². The summed E-state index contributed by atoms with van der Waals surface area (Å²) < 4.78 is 25.0. The van der Waals surface area contributed by atoms with Crippen molar-refractivity contribution in [2.45, 2.75) is 187 Å². The SMILES string of the molecule is CC(C)(O)[C@@H](CCCC1CCC2C3CC=C4C(CC[C@H](O[C@H]5CCC[C@@H](CO)O5)C4(C)C)[C@]3(C)CC[C@]12C)O[C@H]1C[C@@H](O)C[C@@H](CO)O1. The van der Waals surface area contributed by atoms with Gasteiger partial charge in [0, 0.05) is 18.3 Å². The van der Waals surface area contributed by atoms with Gasteiger partial charge in [-0.2, -0.15) is 0 Å². The fourth-order valence-corrected chi connectivity index (χ4v) is 11.7. The van der Waals surface area contributed by atoms with Crippen molar-refractivity contribution in [3.05, 3.63) is 11.6 Å². The molecule has 0 amide bonds. The highest BCUT2D eigenvalue weighted by atomic mass is 16.7. The Hall–Kier alpha value is -0.580. The highest BCUT2D eigenvalue weighted by Gasteiger charge is 2.61. The lowest BCUT2D eigenvalue weighted by atomic mass is 9.43. The molecule has 4 unspecified atom stereocenters. The van der Waals surface area contributed by atoms with Crippen molar-refractivity contribution in [3.63, 3.8) is 0 Å². The minimum Gasteiger partial charge on any atom is -0.394 e. The smallest absolute Gasteiger partial charge is 0.161 e. The summed E-state index contributed by atoms with van der Waals surface area (Å²) in [5, 5.41) is 40.5. The summed E-state index contributed by atoms with van der Waals surface area (Å²) in [7, 11) is 0. The predicted molar refractivity (Wildman–Crippen MR) is 185 cm³/mol. The summed E-state index contributed by atoms with van der Waals surface area (Å²) in [6.07, 6.45) is 15.7. The molecule has 2 saturated heterocycles. The van der Waals surface area contributed by atoms with Crippen LogP contribution in [0.4, 0.5) is 0 Å². The topological polar surface area (TPSA) is 118 Å². The van der Waals surface area contributed by atoms with E-state index in [0.29, 0.717) is 35.5 Å². The molecule has 2 aliphatic heterocycles. The van der Waals surface area contributed by atoms with Crippen LogP contribution in [0.25, 0.3) is 0 Å². The molecular formula is C40H68O8. The van der Waals surface area contributed by atoms with Gasteiger partial charge in [0.15, 0.2) is 12.6 Å². The van der Waals surface area contributed by atoms with E-state index in [9.17, 15) is 20.4 Å². The zero-order chi connectivity index (χ0) is 34.5. The summed E-state index contributed by atoms with van der Waals surface area (Å²) in [5.41, 5.74) is 1.26. The molecule has 0 aromatic rings. The average molecular weight is 677 g/mol. The Kier molecular flexibility index (Phi) is 11.2. The first-order valence-corrected chi connectivity index (χ1v) is 19.6. The van der Waals surface area contributed by atoms with Crippen molar-refractivity contribution in [1.82, 2.24) is 0 Å². The van der Waals surface area contributed by atoms with E-state index < -0.39 is 30.2 Å². The second kappa shape index (κ2) is 14.4. The van der Waals surface area contributed by atoms with Gasteiger partial charge >= 0.3 is 0 Å². The maximum Gasteiger partial charge on any atom is 0.161 e. The Morgan fingerprint density at radius 2 is 1.60 bits per heavy atom. The molecule has 5 fully saturated rings. The van der Waals surface area contributed by atoms with Crippen LogP contribution in [0.15, 0.2) is 11.6 Å². The molecule has 4 N–H and O–H groups in total. The molecule has 48 heavy (non-hydrogen) atoms. The molecule has 2 heterocycles. The lowest BCUT2D eigenvalue weighted by Gasteiger charge is -2.62. The lowest BCUT2D eigenvalue weighted by molar-refractivity contribution is -0.260. The fraction of sp³-hybridized carbons (Fsp3) is 0.950. The summed E-state index contributed by atoms with van der Waals surface area (Å²) in [6.45, 7) is 13.6. The molecule has 6 aliphatic rings. The van der Waals surface area contributed by atoms with E-state index in [4.69, 9.17) is 18.9 Å². The molecule has 6 rings (SSSR count). The van der Waals surface area contributed by atoms with Crippen LogP contribution in [0.5, 0.6) is 0 Å². The zero-order valence-electron chi connectivity index (χ0n) is 30.9. The van der Waals surface area contributed by atoms with Gasteiger partial charge in [-0.15, -0.1) is 0 Å². The summed E-state index contributed by atoms with van der Waals surface area (Å²) in [5.74, 6) is 2.76. The number of rotatable bonds is 11. The van der Waals surface area contributed by atoms with Gasteiger partial charge in [-0.3, -0.25) is 0 Å².